The fourth-order valence-corrected chi connectivity index (χ4v) is 3.29. The summed E-state index contributed by atoms with van der Waals surface area (Å²) in [6.07, 6.45) is 0.931. The standard InChI is InChI=1S/C18H14N2O3/c21-15-10-12-5-3-6-13(16(12)17(22)19-15)18(23)20-9-8-11-4-1-2-7-14(11)20/h1-7H,8-10H2,(H,19,21,22). The van der Waals surface area contributed by atoms with Gasteiger partial charge in [-0.1, -0.05) is 30.3 Å². The molecule has 0 fully saturated rings. The lowest BCUT2D eigenvalue weighted by atomic mass is 9.94. The molecule has 0 saturated carbocycles. The van der Waals surface area contributed by atoms with Crippen LogP contribution in [-0.2, 0) is 17.6 Å². The molecule has 0 radical (unpaired) electrons. The molecule has 5 nitrogen and oxygen atoms in total. The maximum Gasteiger partial charge on any atom is 0.259 e. The second kappa shape index (κ2) is 5.05. The highest BCUT2D eigenvalue weighted by atomic mass is 16.2. The number of benzene rings is 2. The number of nitrogens with zero attached hydrogens (tertiary/aromatic N) is 1. The first-order valence-corrected chi connectivity index (χ1v) is 7.51. The summed E-state index contributed by atoms with van der Waals surface area (Å²) in [5.41, 5.74) is 3.30. The van der Waals surface area contributed by atoms with Gasteiger partial charge in [0.25, 0.3) is 11.8 Å². The Morgan fingerprint density at radius 1 is 1.00 bits per heavy atom. The van der Waals surface area contributed by atoms with Crippen LogP contribution in [0, 0.1) is 0 Å². The van der Waals surface area contributed by atoms with Crippen LogP contribution in [0.3, 0.4) is 0 Å². The molecule has 3 amide bonds. The SMILES string of the molecule is O=C1Cc2cccc(C(=O)N3CCc4ccccc43)c2C(=O)N1. The van der Waals surface area contributed by atoms with Gasteiger partial charge in [-0.3, -0.25) is 19.7 Å². The van der Waals surface area contributed by atoms with E-state index in [-0.39, 0.29) is 18.2 Å². The molecular weight excluding hydrogens is 292 g/mol. The molecule has 1 N–H and O–H groups in total. The number of fused-ring (bicyclic) bond motifs is 2. The van der Waals surface area contributed by atoms with Gasteiger partial charge in [0, 0.05) is 12.2 Å². The highest BCUT2D eigenvalue weighted by Crippen LogP contribution is 2.30. The molecule has 2 aromatic carbocycles. The summed E-state index contributed by atoms with van der Waals surface area (Å²) in [6, 6.07) is 12.9. The molecular formula is C18H14N2O3. The van der Waals surface area contributed by atoms with Crippen molar-refractivity contribution in [2.24, 2.45) is 0 Å². The Balaban J connectivity index is 1.78. The average molecular weight is 306 g/mol. The minimum absolute atomic E-state index is 0.124. The molecule has 2 aliphatic heterocycles. The average Bonchev–Trinajstić information content (AvgIpc) is 2.97. The number of rotatable bonds is 1. The molecule has 0 aromatic heterocycles. The van der Waals surface area contributed by atoms with E-state index in [0.29, 0.717) is 23.2 Å². The Morgan fingerprint density at radius 3 is 2.65 bits per heavy atom. The molecule has 23 heavy (non-hydrogen) atoms. The van der Waals surface area contributed by atoms with Crippen molar-refractivity contribution >= 4 is 23.4 Å². The Hall–Kier alpha value is -2.95. The van der Waals surface area contributed by atoms with Gasteiger partial charge in [0.1, 0.15) is 0 Å². The van der Waals surface area contributed by atoms with Gasteiger partial charge < -0.3 is 4.90 Å². The van der Waals surface area contributed by atoms with Crippen molar-refractivity contribution in [2.45, 2.75) is 12.8 Å². The molecule has 0 saturated heterocycles. The predicted octanol–water partition coefficient (Wildman–Crippen LogP) is 1.70. The third-order valence-electron chi connectivity index (χ3n) is 4.34. The number of para-hydroxylation sites is 1. The summed E-state index contributed by atoms with van der Waals surface area (Å²) in [5, 5.41) is 2.29. The lowest BCUT2D eigenvalue weighted by Crippen LogP contribution is -2.40. The third kappa shape index (κ3) is 2.12. The van der Waals surface area contributed by atoms with E-state index in [4.69, 9.17) is 0 Å². The van der Waals surface area contributed by atoms with Crippen LogP contribution < -0.4 is 10.2 Å². The van der Waals surface area contributed by atoms with Gasteiger partial charge in [0.2, 0.25) is 5.91 Å². The van der Waals surface area contributed by atoms with Crippen LogP contribution in [0.25, 0.3) is 0 Å². The van der Waals surface area contributed by atoms with Gasteiger partial charge in [-0.15, -0.1) is 0 Å². The number of amides is 3. The maximum atomic E-state index is 13.0. The van der Waals surface area contributed by atoms with Crippen LogP contribution in [0.5, 0.6) is 0 Å². The first kappa shape index (κ1) is 13.7. The second-order valence-corrected chi connectivity index (χ2v) is 5.73. The van der Waals surface area contributed by atoms with Crippen LogP contribution in [0.1, 0.15) is 31.8 Å². The van der Waals surface area contributed by atoms with Crippen molar-refractivity contribution in [3.63, 3.8) is 0 Å². The number of carbonyl (C=O) groups excluding carboxylic acids is 3. The van der Waals surface area contributed by atoms with Crippen molar-refractivity contribution in [2.75, 3.05) is 11.4 Å². The lowest BCUT2D eigenvalue weighted by molar-refractivity contribution is -0.119. The highest BCUT2D eigenvalue weighted by Gasteiger charge is 2.31. The summed E-state index contributed by atoms with van der Waals surface area (Å²) < 4.78 is 0. The quantitative estimate of drug-likeness (QED) is 0.816. The van der Waals surface area contributed by atoms with E-state index < -0.39 is 5.91 Å². The zero-order chi connectivity index (χ0) is 16.0. The number of anilines is 1. The molecule has 0 atom stereocenters. The first-order valence-electron chi connectivity index (χ1n) is 7.51. The van der Waals surface area contributed by atoms with E-state index in [2.05, 4.69) is 5.32 Å². The van der Waals surface area contributed by atoms with Crippen LogP contribution in [0.4, 0.5) is 5.69 Å². The molecule has 114 valence electrons. The topological polar surface area (TPSA) is 66.5 Å². The number of hydrogen-bond acceptors (Lipinski definition) is 3. The molecule has 2 heterocycles. The van der Waals surface area contributed by atoms with E-state index >= 15 is 0 Å². The summed E-state index contributed by atoms with van der Waals surface area (Å²) in [5.74, 6) is -1.03. The largest absolute Gasteiger partial charge is 0.308 e. The Bertz CT molecular complexity index is 857. The lowest BCUT2D eigenvalue weighted by Gasteiger charge is -2.22. The Kier molecular flexibility index (Phi) is 3.01. The summed E-state index contributed by atoms with van der Waals surface area (Å²) >= 11 is 0. The predicted molar refractivity (Wildman–Crippen MR) is 84.4 cm³/mol. The second-order valence-electron chi connectivity index (χ2n) is 5.73. The van der Waals surface area contributed by atoms with Crippen LogP contribution >= 0.6 is 0 Å². The van der Waals surface area contributed by atoms with Crippen molar-refractivity contribution in [3.05, 3.63) is 64.7 Å². The van der Waals surface area contributed by atoms with Crippen molar-refractivity contribution < 1.29 is 14.4 Å². The molecule has 2 aromatic rings. The number of hydrogen-bond donors (Lipinski definition) is 1. The molecule has 4 rings (SSSR count). The van der Waals surface area contributed by atoms with Crippen molar-refractivity contribution in [1.29, 1.82) is 0 Å². The van der Waals surface area contributed by atoms with Crippen molar-refractivity contribution in [1.82, 2.24) is 5.32 Å². The zero-order valence-corrected chi connectivity index (χ0v) is 12.3. The Labute approximate surface area is 132 Å². The third-order valence-corrected chi connectivity index (χ3v) is 4.34. The Morgan fingerprint density at radius 2 is 1.78 bits per heavy atom. The summed E-state index contributed by atoms with van der Waals surface area (Å²) in [4.78, 5) is 38.4. The van der Waals surface area contributed by atoms with E-state index in [1.54, 1.807) is 23.1 Å². The molecule has 0 aliphatic carbocycles. The van der Waals surface area contributed by atoms with Gasteiger partial charge in [0.15, 0.2) is 0 Å². The van der Waals surface area contributed by atoms with Gasteiger partial charge in [0.05, 0.1) is 17.5 Å². The minimum atomic E-state index is -0.493. The van der Waals surface area contributed by atoms with Crippen LogP contribution in [0.15, 0.2) is 42.5 Å². The van der Waals surface area contributed by atoms with Gasteiger partial charge >= 0.3 is 0 Å². The van der Waals surface area contributed by atoms with Crippen LogP contribution in [0.2, 0.25) is 0 Å². The molecule has 0 spiro atoms. The van der Waals surface area contributed by atoms with Crippen molar-refractivity contribution in [3.8, 4) is 0 Å². The molecule has 0 bridgehead atoms. The van der Waals surface area contributed by atoms with Crippen LogP contribution in [-0.4, -0.2) is 24.3 Å². The smallest absolute Gasteiger partial charge is 0.259 e. The van der Waals surface area contributed by atoms with Gasteiger partial charge in [-0.25, -0.2) is 0 Å². The van der Waals surface area contributed by atoms with E-state index in [1.807, 2.05) is 24.3 Å². The number of carbonyl (C=O) groups is 3. The maximum absolute atomic E-state index is 13.0. The summed E-state index contributed by atoms with van der Waals surface area (Å²) in [7, 11) is 0. The van der Waals surface area contributed by atoms with E-state index in [1.165, 1.54) is 0 Å². The van der Waals surface area contributed by atoms with E-state index in [9.17, 15) is 14.4 Å². The fourth-order valence-electron chi connectivity index (χ4n) is 3.29. The summed E-state index contributed by atoms with van der Waals surface area (Å²) in [6.45, 7) is 0.600. The number of imide groups is 1. The fraction of sp³-hybridized carbons (Fsp3) is 0.167. The van der Waals surface area contributed by atoms with Gasteiger partial charge in [-0.05, 0) is 29.7 Å². The molecule has 0 unspecified atom stereocenters. The minimum Gasteiger partial charge on any atom is -0.308 e. The number of nitrogens with one attached hydrogen (secondary N) is 1. The van der Waals surface area contributed by atoms with Gasteiger partial charge in [-0.2, -0.15) is 0 Å². The van der Waals surface area contributed by atoms with E-state index in [0.717, 1.165) is 17.7 Å². The first-order chi connectivity index (χ1) is 11.1. The normalized spacial score (nSPS) is 15.9. The monoisotopic (exact) mass is 306 g/mol. The molecule has 5 heteroatoms. The zero-order valence-electron chi connectivity index (χ0n) is 12.3. The molecule has 2 aliphatic rings. The highest BCUT2D eigenvalue weighted by molar-refractivity contribution is 6.18.